The first-order chi connectivity index (χ1) is 13.0. The summed E-state index contributed by atoms with van der Waals surface area (Å²) in [4.78, 5) is 4.42. The van der Waals surface area contributed by atoms with E-state index in [9.17, 15) is 8.42 Å². The van der Waals surface area contributed by atoms with Gasteiger partial charge in [-0.15, -0.1) is 0 Å². The van der Waals surface area contributed by atoms with E-state index in [1.54, 1.807) is 36.4 Å². The van der Waals surface area contributed by atoms with E-state index >= 15 is 0 Å². The molecule has 0 spiro atoms. The third-order valence-corrected chi connectivity index (χ3v) is 5.93. The number of aromatic nitrogens is 1. The van der Waals surface area contributed by atoms with Crippen molar-refractivity contribution in [2.24, 2.45) is 0 Å². The molecule has 0 atom stereocenters. The largest absolute Gasteiger partial charge is 0.494 e. The first-order valence-electron chi connectivity index (χ1n) is 8.44. The second-order valence-corrected chi connectivity index (χ2v) is 8.38. The molecular formula is C19H19BrN2O4S. The number of nitrogens with one attached hydrogen (secondary N) is 1. The lowest BCUT2D eigenvalue weighted by Crippen LogP contribution is -2.07. The number of nitrogens with zero attached hydrogens (tertiary/aromatic N) is 1. The van der Waals surface area contributed by atoms with Crippen LogP contribution in [0, 0.1) is 0 Å². The van der Waals surface area contributed by atoms with Crippen molar-refractivity contribution in [1.82, 2.24) is 4.98 Å². The third kappa shape index (κ3) is 4.17. The summed E-state index contributed by atoms with van der Waals surface area (Å²) in [6, 6.07) is 13.5. The molecule has 6 nitrogen and oxygen atoms in total. The Morgan fingerprint density at radius 2 is 1.74 bits per heavy atom. The lowest BCUT2D eigenvalue weighted by atomic mass is 10.2. The number of oxazole rings is 1. The summed E-state index contributed by atoms with van der Waals surface area (Å²) >= 11 is 3.31. The van der Waals surface area contributed by atoms with Crippen LogP contribution < -0.4 is 10.1 Å². The Bertz CT molecular complexity index is 1010. The van der Waals surface area contributed by atoms with Crippen molar-refractivity contribution in [3.8, 4) is 17.2 Å². The number of halogens is 1. The second-order valence-electron chi connectivity index (χ2n) is 5.60. The highest BCUT2D eigenvalue weighted by atomic mass is 79.9. The second kappa shape index (κ2) is 8.14. The fourth-order valence-corrected chi connectivity index (χ4v) is 4.01. The Hall–Kier alpha value is -2.32. The van der Waals surface area contributed by atoms with Crippen LogP contribution in [0.4, 0.5) is 5.88 Å². The molecule has 8 heteroatoms. The predicted octanol–water partition coefficient (Wildman–Crippen LogP) is 4.77. The van der Waals surface area contributed by atoms with Crippen molar-refractivity contribution in [2.75, 3.05) is 18.5 Å². The maximum Gasteiger partial charge on any atom is 0.233 e. The summed E-state index contributed by atoms with van der Waals surface area (Å²) in [5, 5.41) is 2.81. The minimum Gasteiger partial charge on any atom is -0.494 e. The summed E-state index contributed by atoms with van der Waals surface area (Å²) in [5.74, 6) is 1.08. The van der Waals surface area contributed by atoms with Gasteiger partial charge in [-0.05, 0) is 62.4 Å². The Morgan fingerprint density at radius 1 is 1.07 bits per heavy atom. The molecule has 0 amide bonds. The summed E-state index contributed by atoms with van der Waals surface area (Å²) < 4.78 is 38.0. The minimum absolute atomic E-state index is 0.129. The highest BCUT2D eigenvalue weighted by Gasteiger charge is 2.28. The average Bonchev–Trinajstić information content (AvgIpc) is 3.08. The van der Waals surface area contributed by atoms with Gasteiger partial charge in [0, 0.05) is 16.6 Å². The van der Waals surface area contributed by atoms with Crippen molar-refractivity contribution in [3.05, 3.63) is 53.0 Å². The van der Waals surface area contributed by atoms with Crippen LogP contribution in [0.15, 0.2) is 67.3 Å². The number of anilines is 1. The first-order valence-corrected chi connectivity index (χ1v) is 10.7. The molecule has 0 aliphatic heterocycles. The number of benzene rings is 2. The molecule has 1 aromatic heterocycles. The average molecular weight is 451 g/mol. The molecule has 0 unspecified atom stereocenters. The highest BCUT2D eigenvalue weighted by Crippen LogP contribution is 2.33. The number of rotatable bonds is 7. The van der Waals surface area contributed by atoms with Crippen LogP contribution in [-0.4, -0.2) is 26.6 Å². The van der Waals surface area contributed by atoms with Gasteiger partial charge in [-0.1, -0.05) is 15.9 Å². The summed E-state index contributed by atoms with van der Waals surface area (Å²) in [6.45, 7) is 4.83. The number of sulfone groups is 1. The SMILES string of the molecule is CCNc1oc(-c2ccc(OCC)cc2)nc1S(=O)(=O)c1ccc(Br)cc1. The molecule has 27 heavy (non-hydrogen) atoms. The van der Waals surface area contributed by atoms with Crippen molar-refractivity contribution >= 4 is 31.7 Å². The van der Waals surface area contributed by atoms with Crippen molar-refractivity contribution < 1.29 is 17.6 Å². The maximum absolute atomic E-state index is 13.0. The fraction of sp³-hybridized carbons (Fsp3) is 0.211. The van der Waals surface area contributed by atoms with Gasteiger partial charge >= 0.3 is 0 Å². The van der Waals surface area contributed by atoms with Gasteiger partial charge in [-0.3, -0.25) is 0 Å². The van der Waals surface area contributed by atoms with Crippen LogP contribution in [0.25, 0.3) is 11.5 Å². The standard InChI is InChI=1S/C19H19BrN2O4S/c1-3-21-18-19(27(23,24)16-11-7-14(20)8-12-16)22-17(26-18)13-5-9-15(10-6-13)25-4-2/h5-12,21H,3-4H2,1-2H3. The summed E-state index contributed by atoms with van der Waals surface area (Å²) in [5.41, 5.74) is 0.662. The molecule has 0 aliphatic carbocycles. The van der Waals surface area contributed by atoms with Gasteiger partial charge in [0.1, 0.15) is 5.75 Å². The van der Waals surface area contributed by atoms with Crippen LogP contribution in [0.5, 0.6) is 5.75 Å². The Balaban J connectivity index is 2.04. The van der Waals surface area contributed by atoms with Crippen LogP contribution in [0.2, 0.25) is 0 Å². The topological polar surface area (TPSA) is 81.4 Å². The van der Waals surface area contributed by atoms with Gasteiger partial charge in [0.15, 0.2) is 0 Å². The lowest BCUT2D eigenvalue weighted by Gasteiger charge is -2.04. The van der Waals surface area contributed by atoms with Gasteiger partial charge in [-0.25, -0.2) is 8.42 Å². The van der Waals surface area contributed by atoms with Gasteiger partial charge < -0.3 is 14.5 Å². The molecule has 2 aromatic carbocycles. The van der Waals surface area contributed by atoms with Gasteiger partial charge in [0.2, 0.25) is 26.6 Å². The quantitative estimate of drug-likeness (QED) is 0.558. The van der Waals surface area contributed by atoms with Gasteiger partial charge in [0.25, 0.3) is 0 Å². The van der Waals surface area contributed by atoms with Gasteiger partial charge in [0.05, 0.1) is 11.5 Å². The summed E-state index contributed by atoms with van der Waals surface area (Å²) in [7, 11) is -3.83. The minimum atomic E-state index is -3.83. The zero-order valence-electron chi connectivity index (χ0n) is 14.9. The van der Waals surface area contributed by atoms with Crippen LogP contribution in [0.1, 0.15) is 13.8 Å². The van der Waals surface area contributed by atoms with Crippen molar-refractivity contribution in [1.29, 1.82) is 0 Å². The van der Waals surface area contributed by atoms with E-state index in [0.29, 0.717) is 18.7 Å². The van der Waals surface area contributed by atoms with E-state index in [0.717, 1.165) is 10.2 Å². The molecular weight excluding hydrogens is 432 g/mol. The molecule has 0 radical (unpaired) electrons. The Labute approximate surface area is 166 Å². The van der Waals surface area contributed by atoms with E-state index in [1.807, 2.05) is 13.8 Å². The zero-order valence-corrected chi connectivity index (χ0v) is 17.3. The molecule has 0 bridgehead atoms. The fourth-order valence-electron chi connectivity index (χ4n) is 2.47. The third-order valence-electron chi connectivity index (χ3n) is 3.72. The number of hydrogen-bond acceptors (Lipinski definition) is 6. The van der Waals surface area contributed by atoms with Gasteiger partial charge in [-0.2, -0.15) is 4.98 Å². The Morgan fingerprint density at radius 3 is 2.33 bits per heavy atom. The van der Waals surface area contributed by atoms with Crippen molar-refractivity contribution in [2.45, 2.75) is 23.8 Å². The predicted molar refractivity (Wildman–Crippen MR) is 107 cm³/mol. The van der Waals surface area contributed by atoms with Crippen LogP contribution >= 0.6 is 15.9 Å². The van der Waals surface area contributed by atoms with Crippen LogP contribution in [-0.2, 0) is 9.84 Å². The molecule has 1 heterocycles. The highest BCUT2D eigenvalue weighted by molar-refractivity contribution is 9.10. The van der Waals surface area contributed by atoms with E-state index < -0.39 is 9.84 Å². The first kappa shape index (κ1) is 19.4. The molecule has 3 rings (SSSR count). The number of hydrogen-bond donors (Lipinski definition) is 1. The molecule has 0 aliphatic rings. The Kier molecular flexibility index (Phi) is 5.86. The molecule has 1 N–H and O–H groups in total. The van der Waals surface area contributed by atoms with E-state index in [2.05, 4.69) is 26.2 Å². The lowest BCUT2D eigenvalue weighted by molar-refractivity contribution is 0.340. The summed E-state index contributed by atoms with van der Waals surface area (Å²) in [6.07, 6.45) is 0. The monoisotopic (exact) mass is 450 g/mol. The molecule has 0 saturated heterocycles. The molecule has 142 valence electrons. The molecule has 0 saturated carbocycles. The normalized spacial score (nSPS) is 11.4. The smallest absolute Gasteiger partial charge is 0.233 e. The number of ether oxygens (including phenoxy) is 1. The van der Waals surface area contributed by atoms with E-state index in [-0.39, 0.29) is 21.7 Å². The van der Waals surface area contributed by atoms with Crippen molar-refractivity contribution in [3.63, 3.8) is 0 Å². The zero-order chi connectivity index (χ0) is 19.4. The van der Waals surface area contributed by atoms with Crippen LogP contribution in [0.3, 0.4) is 0 Å². The van der Waals surface area contributed by atoms with E-state index in [4.69, 9.17) is 9.15 Å². The molecule has 0 fully saturated rings. The maximum atomic E-state index is 13.0. The van der Waals surface area contributed by atoms with E-state index in [1.165, 1.54) is 12.1 Å². The molecule has 3 aromatic rings.